The van der Waals surface area contributed by atoms with E-state index < -0.39 is 0 Å². The van der Waals surface area contributed by atoms with Crippen molar-refractivity contribution in [3.8, 4) is 0 Å². The average molecular weight is 551 g/mol. The van der Waals surface area contributed by atoms with Crippen LogP contribution in [0.3, 0.4) is 0 Å². The molecule has 38 heavy (non-hydrogen) atoms. The third kappa shape index (κ3) is 6.45. The molecular formula is C34H46O2S2. The van der Waals surface area contributed by atoms with Gasteiger partial charge in [-0.2, -0.15) is 0 Å². The zero-order valence-corrected chi connectivity index (χ0v) is 27.1. The predicted molar refractivity (Wildman–Crippen MR) is 166 cm³/mol. The van der Waals surface area contributed by atoms with E-state index in [-0.39, 0.29) is 44.3 Å². The first-order chi connectivity index (χ1) is 17.3. The summed E-state index contributed by atoms with van der Waals surface area (Å²) in [5.74, 6) is -0.311. The van der Waals surface area contributed by atoms with Crippen molar-refractivity contribution in [1.82, 2.24) is 0 Å². The molecule has 1 aromatic heterocycles. The highest BCUT2D eigenvalue weighted by Crippen LogP contribution is 2.50. The Labute approximate surface area is 239 Å². The van der Waals surface area contributed by atoms with Crippen LogP contribution in [0.4, 0.5) is 0 Å². The molecule has 1 aromatic rings. The lowest BCUT2D eigenvalue weighted by molar-refractivity contribution is -0.300. The van der Waals surface area contributed by atoms with Crippen molar-refractivity contribution in [2.24, 2.45) is 10.8 Å². The second-order valence-corrected chi connectivity index (χ2v) is 16.2. The zero-order valence-electron chi connectivity index (χ0n) is 25.5. The van der Waals surface area contributed by atoms with Crippen LogP contribution in [0.1, 0.15) is 111 Å². The van der Waals surface area contributed by atoms with Gasteiger partial charge >= 0.3 is 0 Å². The van der Waals surface area contributed by atoms with Crippen molar-refractivity contribution in [1.29, 1.82) is 0 Å². The Hall–Kier alpha value is -1.91. The van der Waals surface area contributed by atoms with Crippen molar-refractivity contribution < 1.29 is 9.90 Å². The number of rotatable bonds is 6. The molecule has 0 N–H and O–H groups in total. The number of carbonyl (C=O) groups excluding carboxylic acids is 1. The summed E-state index contributed by atoms with van der Waals surface area (Å²) >= 11 is 3.66. The van der Waals surface area contributed by atoms with Gasteiger partial charge in [0.05, 0.1) is 0 Å². The number of carbonyl (C=O) groups is 1. The fourth-order valence-corrected chi connectivity index (χ4v) is 6.70. The van der Waals surface area contributed by atoms with Gasteiger partial charge in [0.2, 0.25) is 21.1 Å². The largest absolute Gasteiger partial charge is 0.871 e. The smallest absolute Gasteiger partial charge is 0.219 e. The van der Waals surface area contributed by atoms with E-state index in [1.54, 1.807) is 12.2 Å². The molecule has 0 radical (unpaired) electrons. The molecule has 4 heteroatoms. The first kappa shape index (κ1) is 30.6. The van der Waals surface area contributed by atoms with Gasteiger partial charge in [-0.05, 0) is 68.9 Å². The molecule has 0 saturated carbocycles. The summed E-state index contributed by atoms with van der Waals surface area (Å²) in [6.45, 7) is 26.7. The van der Waals surface area contributed by atoms with Crippen LogP contribution < -0.4 is 5.11 Å². The minimum absolute atomic E-state index is 0.0144. The maximum atomic E-state index is 13.3. The Morgan fingerprint density at radius 3 is 1.84 bits per heavy atom. The Morgan fingerprint density at radius 1 is 0.789 bits per heavy atom. The van der Waals surface area contributed by atoms with Gasteiger partial charge in [-0.15, -0.1) is 0 Å². The molecule has 0 saturated heterocycles. The highest BCUT2D eigenvalue weighted by atomic mass is 32.2. The molecule has 0 aromatic carbocycles. The zero-order chi connectivity index (χ0) is 28.8. The van der Waals surface area contributed by atoms with Crippen LogP contribution in [-0.4, -0.2) is 5.78 Å². The minimum atomic E-state index is -0.155. The maximum Gasteiger partial charge on any atom is 0.219 e. The molecule has 0 amide bonds. The van der Waals surface area contributed by atoms with Crippen LogP contribution in [0, 0.1) is 10.8 Å². The summed E-state index contributed by atoms with van der Waals surface area (Å²) in [5.41, 5.74) is 2.47. The fourth-order valence-electron chi connectivity index (χ4n) is 3.99. The van der Waals surface area contributed by atoms with E-state index in [1.165, 1.54) is 19.6 Å². The van der Waals surface area contributed by atoms with E-state index in [0.717, 1.165) is 24.0 Å². The summed E-state index contributed by atoms with van der Waals surface area (Å²) in [7, 11) is 0. The standard InChI is InChI=1S/C34H46O2S2/c1-13-33(9,10)27-19-21(17-25(37-27)31(3,4)5)15-23-29(35)24(30(23)36)16-22-18-26(32(6,7)8)38-28(20-22)34(11,12)14-2/h15-20H,13-14H2,1-12H3. The fraction of sp³-hybridized carbons (Fsp3) is 0.529. The number of hydrogen-bond acceptors (Lipinski definition) is 3. The molecule has 0 bridgehead atoms. The van der Waals surface area contributed by atoms with E-state index >= 15 is 0 Å². The quantitative estimate of drug-likeness (QED) is 0.261. The van der Waals surface area contributed by atoms with Gasteiger partial charge in [0, 0.05) is 34.1 Å². The van der Waals surface area contributed by atoms with Crippen LogP contribution >= 0.6 is 23.1 Å². The van der Waals surface area contributed by atoms with Crippen molar-refractivity contribution >= 4 is 35.0 Å². The Kier molecular flexibility index (Phi) is 8.53. The van der Waals surface area contributed by atoms with Gasteiger partial charge in [-0.1, -0.05) is 101 Å². The second-order valence-electron chi connectivity index (χ2n) is 14.0. The van der Waals surface area contributed by atoms with Crippen LogP contribution in [-0.2, 0) is 15.6 Å². The lowest BCUT2D eigenvalue weighted by atomic mass is 9.83. The minimum Gasteiger partial charge on any atom is -0.871 e. The van der Waals surface area contributed by atoms with Gasteiger partial charge < -0.3 is 5.11 Å². The number of allylic oxidation sites excluding steroid dienone is 8. The van der Waals surface area contributed by atoms with E-state index in [4.69, 9.17) is 0 Å². The van der Waals surface area contributed by atoms with Crippen molar-refractivity contribution in [3.05, 3.63) is 78.0 Å². The molecule has 0 spiro atoms. The van der Waals surface area contributed by atoms with Gasteiger partial charge in [-0.3, -0.25) is 4.79 Å². The summed E-state index contributed by atoms with van der Waals surface area (Å²) in [6, 6.07) is 4.30. The molecule has 1 aliphatic heterocycles. The molecule has 206 valence electrons. The lowest BCUT2D eigenvalue weighted by Crippen LogP contribution is -2.29. The Morgan fingerprint density at radius 2 is 1.34 bits per heavy atom. The SMILES string of the molecule is CCC(C)(C)C1=CC(=CC2=C([O-])C(=Cc3cc(C(C)(C)C)[s+]c(C(C)(C)CC)c3)C2=O)C=C(C(C)(C)C)S1. The van der Waals surface area contributed by atoms with Crippen LogP contribution in [0.15, 0.2) is 62.6 Å². The summed E-state index contributed by atoms with van der Waals surface area (Å²) in [6.07, 6.45) is 9.94. The second kappa shape index (κ2) is 10.6. The lowest BCUT2D eigenvalue weighted by Gasteiger charge is -2.34. The highest BCUT2D eigenvalue weighted by molar-refractivity contribution is 8.06. The monoisotopic (exact) mass is 550 g/mol. The van der Waals surface area contributed by atoms with Crippen molar-refractivity contribution in [2.45, 2.75) is 107 Å². The third-order valence-corrected chi connectivity index (χ3v) is 11.5. The first-order valence-electron chi connectivity index (χ1n) is 13.8. The first-order valence-corrected chi connectivity index (χ1v) is 15.4. The van der Waals surface area contributed by atoms with Gasteiger partial charge in [0.25, 0.3) is 0 Å². The number of hydrogen-bond donors (Lipinski definition) is 0. The third-order valence-electron chi connectivity index (χ3n) is 7.81. The van der Waals surface area contributed by atoms with Crippen LogP contribution in [0.2, 0.25) is 0 Å². The molecule has 0 atom stereocenters. The predicted octanol–water partition coefficient (Wildman–Crippen LogP) is 9.52. The van der Waals surface area contributed by atoms with E-state index in [1.807, 2.05) is 23.1 Å². The van der Waals surface area contributed by atoms with Crippen molar-refractivity contribution in [3.63, 3.8) is 0 Å². The molecule has 2 heterocycles. The molecule has 2 nitrogen and oxygen atoms in total. The molecular weight excluding hydrogens is 505 g/mol. The summed E-state index contributed by atoms with van der Waals surface area (Å²) in [5, 5.41) is 13.3. The molecule has 0 fully saturated rings. The Bertz CT molecular complexity index is 1280. The number of Topliss-reactive ketones (excluding diaryl/α,β-unsaturated/α-hetero) is 1. The molecule has 3 rings (SSSR count). The molecule has 1 aliphatic carbocycles. The molecule has 2 aliphatic rings. The van der Waals surface area contributed by atoms with Gasteiger partial charge in [0.1, 0.15) is 0 Å². The molecule has 0 unspecified atom stereocenters. The number of thioether (sulfide) groups is 1. The van der Waals surface area contributed by atoms with Gasteiger partial charge in [0.15, 0.2) is 5.78 Å². The van der Waals surface area contributed by atoms with Crippen LogP contribution in [0.25, 0.3) is 6.08 Å². The normalized spacial score (nSPS) is 19.6. The Balaban J connectivity index is 2.08. The van der Waals surface area contributed by atoms with Crippen molar-refractivity contribution in [2.75, 3.05) is 0 Å². The highest BCUT2D eigenvalue weighted by Gasteiger charge is 2.35. The van der Waals surface area contributed by atoms with Crippen LogP contribution in [0.5, 0.6) is 0 Å². The van der Waals surface area contributed by atoms with E-state index in [9.17, 15) is 9.90 Å². The summed E-state index contributed by atoms with van der Waals surface area (Å²) < 4.78 is 0. The van der Waals surface area contributed by atoms with Gasteiger partial charge in [-0.25, -0.2) is 0 Å². The summed E-state index contributed by atoms with van der Waals surface area (Å²) in [4.78, 5) is 18.3. The van der Waals surface area contributed by atoms with E-state index in [0.29, 0.717) is 0 Å². The number of ketones is 1. The average Bonchev–Trinajstić information content (AvgIpc) is 2.84. The van der Waals surface area contributed by atoms with E-state index in [2.05, 4.69) is 107 Å². The maximum absolute atomic E-state index is 13.3. The topological polar surface area (TPSA) is 40.1 Å².